The summed E-state index contributed by atoms with van der Waals surface area (Å²) >= 11 is 1.28. The van der Waals surface area contributed by atoms with E-state index < -0.39 is 28.7 Å². The molecule has 5 rings (SSSR count). The van der Waals surface area contributed by atoms with Gasteiger partial charge in [-0.15, -0.1) is 11.8 Å². The Labute approximate surface area is 201 Å². The normalized spacial score (nSPS) is 25.1. The number of hydrogen-bond acceptors (Lipinski definition) is 8. The Morgan fingerprint density at radius 2 is 1.74 bits per heavy atom. The molecule has 0 saturated carbocycles. The van der Waals surface area contributed by atoms with Gasteiger partial charge in [0.2, 0.25) is 0 Å². The van der Waals surface area contributed by atoms with Gasteiger partial charge in [0.1, 0.15) is 22.3 Å². The van der Waals surface area contributed by atoms with Gasteiger partial charge in [0, 0.05) is 16.5 Å². The monoisotopic (exact) mass is 475 g/mol. The summed E-state index contributed by atoms with van der Waals surface area (Å²) in [6, 6.07) is 17.4. The van der Waals surface area contributed by atoms with Crippen molar-refractivity contribution in [2.45, 2.75) is 34.6 Å². The molecule has 0 aromatic heterocycles. The summed E-state index contributed by atoms with van der Waals surface area (Å²) in [5.41, 5.74) is 21.5. The number of nitrogens with two attached hydrogens (primary N) is 3. The second-order valence-electron chi connectivity index (χ2n) is 8.62. The van der Waals surface area contributed by atoms with Crippen molar-refractivity contribution >= 4 is 29.2 Å². The lowest BCUT2D eigenvalue weighted by molar-refractivity contribution is -0.140. The van der Waals surface area contributed by atoms with Gasteiger partial charge in [0.05, 0.1) is 13.2 Å². The van der Waals surface area contributed by atoms with E-state index >= 15 is 0 Å². The van der Waals surface area contributed by atoms with E-state index in [2.05, 4.69) is 0 Å². The maximum Gasteiger partial charge on any atom is 0.319 e. The molecular weight excluding hydrogens is 450 g/mol. The van der Waals surface area contributed by atoms with Gasteiger partial charge in [-0.3, -0.25) is 9.59 Å². The molecule has 0 bridgehead atoms. The average Bonchev–Trinajstić information content (AvgIpc) is 3.24. The predicted octanol–water partition coefficient (Wildman–Crippen LogP) is 3.21. The molecule has 1 heterocycles. The van der Waals surface area contributed by atoms with Gasteiger partial charge in [-0.2, -0.15) is 0 Å². The van der Waals surface area contributed by atoms with Gasteiger partial charge in [0.25, 0.3) is 0 Å². The maximum absolute atomic E-state index is 13.8. The molecule has 4 unspecified atom stereocenters. The lowest BCUT2D eigenvalue weighted by Crippen LogP contribution is -2.60. The summed E-state index contributed by atoms with van der Waals surface area (Å²) < 4.78 is 10.9. The number of esters is 1. The molecule has 3 aromatic carbocycles. The van der Waals surface area contributed by atoms with Gasteiger partial charge < -0.3 is 26.7 Å². The largest absolute Gasteiger partial charge is 0.468 e. The van der Waals surface area contributed by atoms with Crippen molar-refractivity contribution in [2.75, 3.05) is 12.8 Å². The van der Waals surface area contributed by atoms with Crippen LogP contribution in [-0.4, -0.2) is 30.2 Å². The molecule has 1 aliphatic carbocycles. The summed E-state index contributed by atoms with van der Waals surface area (Å²) in [7, 11) is 1.32. The molecule has 8 heteroatoms. The minimum absolute atomic E-state index is 0.350. The smallest absolute Gasteiger partial charge is 0.319 e. The molecule has 7 nitrogen and oxygen atoms in total. The summed E-state index contributed by atoms with van der Waals surface area (Å²) in [5.74, 6) is -0.0146. The average molecular weight is 476 g/mol. The number of nitrogen functional groups attached to an aromatic ring is 1. The number of rotatable bonds is 4. The third-order valence-electron chi connectivity index (χ3n) is 6.67. The first-order valence-corrected chi connectivity index (χ1v) is 11.8. The van der Waals surface area contributed by atoms with Crippen molar-refractivity contribution in [1.82, 2.24) is 0 Å². The van der Waals surface area contributed by atoms with Crippen LogP contribution in [0.4, 0.5) is 5.69 Å². The molecule has 34 heavy (non-hydrogen) atoms. The van der Waals surface area contributed by atoms with Crippen LogP contribution in [-0.2, 0) is 19.9 Å². The van der Waals surface area contributed by atoms with Crippen molar-refractivity contribution < 1.29 is 19.1 Å². The summed E-state index contributed by atoms with van der Waals surface area (Å²) in [6.07, 6.45) is 0. The minimum atomic E-state index is -1.49. The van der Waals surface area contributed by atoms with Gasteiger partial charge in [-0.05, 0) is 59.5 Å². The van der Waals surface area contributed by atoms with Crippen LogP contribution in [0.5, 0.6) is 11.5 Å². The van der Waals surface area contributed by atoms with Gasteiger partial charge in [-0.25, -0.2) is 0 Å². The van der Waals surface area contributed by atoms with Crippen molar-refractivity contribution in [3.05, 3.63) is 82.9 Å². The lowest BCUT2D eigenvalue weighted by Gasteiger charge is -2.41. The fraction of sp³-hybridized carbons (Fsp3) is 0.231. The minimum Gasteiger partial charge on any atom is -0.468 e. The number of ketones is 1. The Kier molecular flexibility index (Phi) is 5.39. The molecular formula is C26H25N3O4S. The molecule has 0 spiro atoms. The summed E-state index contributed by atoms with van der Waals surface area (Å²) in [5, 5.41) is -0.658. The molecule has 4 atom stereocenters. The van der Waals surface area contributed by atoms with E-state index in [4.69, 9.17) is 26.7 Å². The van der Waals surface area contributed by atoms with Crippen LogP contribution >= 0.6 is 11.8 Å². The Balaban J connectivity index is 1.63. The van der Waals surface area contributed by atoms with E-state index in [1.54, 1.807) is 24.3 Å². The highest BCUT2D eigenvalue weighted by molar-refractivity contribution is 8.01. The zero-order valence-electron chi connectivity index (χ0n) is 18.8. The number of Topliss-reactive ketones (excluding diaryl/α,β-unsaturated/α-hetero) is 1. The molecule has 1 aliphatic heterocycles. The van der Waals surface area contributed by atoms with E-state index in [0.717, 1.165) is 16.0 Å². The predicted molar refractivity (Wildman–Crippen MR) is 131 cm³/mol. The van der Waals surface area contributed by atoms with Crippen LogP contribution in [0.25, 0.3) is 0 Å². The number of aryl methyl sites for hydroxylation is 1. The van der Waals surface area contributed by atoms with Crippen molar-refractivity contribution in [3.63, 3.8) is 0 Å². The first-order chi connectivity index (χ1) is 16.3. The Bertz CT molecular complexity index is 1310. The van der Waals surface area contributed by atoms with Crippen LogP contribution in [0.2, 0.25) is 0 Å². The topological polar surface area (TPSA) is 131 Å². The Morgan fingerprint density at radius 1 is 1.03 bits per heavy atom. The third-order valence-corrected chi connectivity index (χ3v) is 8.10. The zero-order chi connectivity index (χ0) is 24.2. The number of anilines is 1. The fourth-order valence-corrected chi connectivity index (χ4v) is 6.53. The first kappa shape index (κ1) is 22.5. The van der Waals surface area contributed by atoms with Gasteiger partial charge in [0.15, 0.2) is 5.78 Å². The number of ether oxygens (including phenoxy) is 2. The highest BCUT2D eigenvalue weighted by Gasteiger charge is 2.57. The molecule has 0 radical (unpaired) electrons. The zero-order valence-corrected chi connectivity index (χ0v) is 19.6. The SMILES string of the molecule is COC(=O)C1Sc2c(N)ccc3c2C1C(N)C(=O)C3(N)c1ccc(Oc2ccccc2)cc1C. The summed E-state index contributed by atoms with van der Waals surface area (Å²) in [6.45, 7) is 1.89. The van der Waals surface area contributed by atoms with Crippen LogP contribution in [0, 0.1) is 6.92 Å². The second-order valence-corrected chi connectivity index (χ2v) is 9.77. The standard InChI is InChI=1S/C26H25N3O4S/c1-13-12-15(33-14-6-4-3-5-7-14)8-9-16(13)26(29)17-10-11-18(27)22-19(17)20(21(28)24(26)30)23(34-22)25(31)32-2/h3-12,20-21,23H,27-29H2,1-2H3. The Hall–Kier alpha value is -3.33. The van der Waals surface area contributed by atoms with Gasteiger partial charge in [-0.1, -0.05) is 30.3 Å². The number of methoxy groups -OCH3 is 1. The number of thioether (sulfide) groups is 1. The van der Waals surface area contributed by atoms with Crippen LogP contribution in [0.3, 0.4) is 0 Å². The molecule has 174 valence electrons. The van der Waals surface area contributed by atoms with Crippen LogP contribution < -0.4 is 21.9 Å². The molecule has 0 saturated heterocycles. The molecule has 6 N–H and O–H groups in total. The molecule has 0 fully saturated rings. The maximum atomic E-state index is 13.8. The lowest BCUT2D eigenvalue weighted by atomic mass is 9.64. The van der Waals surface area contributed by atoms with E-state index in [9.17, 15) is 9.59 Å². The number of para-hydroxylation sites is 1. The molecule has 0 amide bonds. The van der Waals surface area contributed by atoms with Crippen molar-refractivity contribution in [3.8, 4) is 11.5 Å². The third kappa shape index (κ3) is 3.21. The second kappa shape index (κ2) is 8.16. The number of carbonyl (C=O) groups is 2. The highest BCUT2D eigenvalue weighted by atomic mass is 32.2. The number of hydrogen-bond donors (Lipinski definition) is 3. The van der Waals surface area contributed by atoms with E-state index in [-0.39, 0.29) is 5.78 Å². The van der Waals surface area contributed by atoms with Crippen molar-refractivity contribution in [2.24, 2.45) is 11.5 Å². The highest BCUT2D eigenvalue weighted by Crippen LogP contribution is 2.56. The van der Waals surface area contributed by atoms with E-state index in [1.807, 2.05) is 43.3 Å². The van der Waals surface area contributed by atoms with E-state index in [1.165, 1.54) is 18.9 Å². The van der Waals surface area contributed by atoms with E-state index in [0.29, 0.717) is 28.3 Å². The number of carbonyl (C=O) groups excluding carboxylic acids is 2. The first-order valence-electron chi connectivity index (χ1n) is 10.9. The fourth-order valence-electron chi connectivity index (χ4n) is 5.06. The molecule has 3 aromatic rings. The van der Waals surface area contributed by atoms with Crippen LogP contribution in [0.1, 0.15) is 28.2 Å². The quantitative estimate of drug-likeness (QED) is 0.387. The number of benzene rings is 3. The molecule has 2 aliphatic rings. The Morgan fingerprint density at radius 3 is 2.41 bits per heavy atom. The summed E-state index contributed by atoms with van der Waals surface area (Å²) in [4.78, 5) is 27.1. The van der Waals surface area contributed by atoms with Gasteiger partial charge >= 0.3 is 5.97 Å². The van der Waals surface area contributed by atoms with Crippen LogP contribution in [0.15, 0.2) is 65.6 Å². The van der Waals surface area contributed by atoms with Crippen molar-refractivity contribution in [1.29, 1.82) is 0 Å².